The summed E-state index contributed by atoms with van der Waals surface area (Å²) in [4.78, 5) is 6.46. The van der Waals surface area contributed by atoms with E-state index in [9.17, 15) is 15.5 Å². The van der Waals surface area contributed by atoms with Crippen molar-refractivity contribution in [3.63, 3.8) is 0 Å². The van der Waals surface area contributed by atoms with Crippen molar-refractivity contribution in [1.82, 2.24) is 15.2 Å². The summed E-state index contributed by atoms with van der Waals surface area (Å²) in [6, 6.07) is 20.4. The second kappa shape index (κ2) is 17.4. The highest BCUT2D eigenvalue weighted by atomic mass is 35.5. The third-order valence-electron chi connectivity index (χ3n) is 9.82. The molecule has 4 aromatic rings. The van der Waals surface area contributed by atoms with Gasteiger partial charge in [0.05, 0.1) is 23.3 Å². The van der Waals surface area contributed by atoms with Crippen LogP contribution in [0, 0.1) is 18.3 Å². The Labute approximate surface area is 305 Å². The lowest BCUT2D eigenvalue weighted by atomic mass is 9.93. The van der Waals surface area contributed by atoms with Crippen molar-refractivity contribution in [2.45, 2.75) is 77.4 Å². The van der Waals surface area contributed by atoms with Gasteiger partial charge in [-0.15, -0.1) is 0 Å². The maximum atomic E-state index is 9.81. The fourth-order valence-corrected chi connectivity index (χ4v) is 7.23. The first-order valence-electron chi connectivity index (χ1n) is 17.9. The van der Waals surface area contributed by atoms with Gasteiger partial charge in [-0.3, -0.25) is 4.98 Å². The number of likely N-dealkylation sites (tertiary alicyclic amines) is 1. The molecule has 1 fully saturated rings. The van der Waals surface area contributed by atoms with Gasteiger partial charge in [-0.25, -0.2) is 0 Å². The van der Waals surface area contributed by atoms with Crippen LogP contribution in [0.25, 0.3) is 11.1 Å². The zero-order chi connectivity index (χ0) is 35.7. The maximum Gasteiger partial charge on any atom is 0.142 e. The molecule has 0 amide bonds. The van der Waals surface area contributed by atoms with E-state index in [-0.39, 0.29) is 31.5 Å². The molecule has 9 nitrogen and oxygen atoms in total. The summed E-state index contributed by atoms with van der Waals surface area (Å²) in [5.74, 6) is 2.06. The molecule has 0 saturated carbocycles. The van der Waals surface area contributed by atoms with Crippen molar-refractivity contribution >= 4 is 11.6 Å². The van der Waals surface area contributed by atoms with Crippen LogP contribution in [0.4, 0.5) is 0 Å². The lowest BCUT2D eigenvalue weighted by Crippen LogP contribution is -2.26. The van der Waals surface area contributed by atoms with Crippen LogP contribution in [0.3, 0.4) is 0 Å². The Kier molecular flexibility index (Phi) is 12.5. The molecule has 51 heavy (non-hydrogen) atoms. The molecular weight excluding hydrogens is 664 g/mol. The zero-order valence-electron chi connectivity index (χ0n) is 29.4. The van der Waals surface area contributed by atoms with Crippen LogP contribution in [0.5, 0.6) is 17.2 Å². The summed E-state index contributed by atoms with van der Waals surface area (Å²) < 4.78 is 19.3. The van der Waals surface area contributed by atoms with Crippen molar-refractivity contribution < 1.29 is 24.4 Å². The molecule has 1 aliphatic carbocycles. The quantitative estimate of drug-likeness (QED) is 0.106. The number of nitrogens with zero attached hydrogens (tertiary/aromatic N) is 3. The Balaban J connectivity index is 1.18. The van der Waals surface area contributed by atoms with E-state index in [1.165, 1.54) is 17.3 Å². The van der Waals surface area contributed by atoms with Crippen LogP contribution in [0.1, 0.15) is 72.1 Å². The van der Waals surface area contributed by atoms with Gasteiger partial charge in [0, 0.05) is 68.4 Å². The predicted octanol–water partition coefficient (Wildman–Crippen LogP) is 6.92. The van der Waals surface area contributed by atoms with Crippen LogP contribution in [-0.4, -0.2) is 65.1 Å². The molecule has 2 heterocycles. The molecule has 0 radical (unpaired) electrons. The number of halogens is 1. The van der Waals surface area contributed by atoms with E-state index in [2.05, 4.69) is 58.5 Å². The Morgan fingerprint density at radius 3 is 2.71 bits per heavy atom. The SMILES string of the molecule is Cc1c(OCCCN2CC[C@@H](O)C2)cccc1-c1cccc2c1CCC2Oc1cc(OCc2cncc(C#N)c2)c(CN[C@H](C)CCO)cc1Cl. The van der Waals surface area contributed by atoms with Gasteiger partial charge in [0.25, 0.3) is 0 Å². The molecular formula is C41H47ClN4O5. The fourth-order valence-electron chi connectivity index (χ4n) is 7.00. The Morgan fingerprint density at radius 2 is 1.90 bits per heavy atom. The molecule has 3 N–H and O–H groups in total. The number of β-amino-alcohol motifs (C(OH)–C–C–N with tert-alkyl or cyclic N) is 1. The van der Waals surface area contributed by atoms with E-state index >= 15 is 0 Å². The topological polar surface area (TPSA) is 120 Å². The predicted molar refractivity (Wildman–Crippen MR) is 198 cm³/mol. The molecule has 10 heteroatoms. The third-order valence-corrected chi connectivity index (χ3v) is 10.1. The molecule has 0 bridgehead atoms. The van der Waals surface area contributed by atoms with E-state index in [1.807, 2.05) is 25.1 Å². The first-order chi connectivity index (χ1) is 24.8. The van der Waals surface area contributed by atoms with E-state index < -0.39 is 0 Å². The van der Waals surface area contributed by atoms with Gasteiger partial charge in [0.15, 0.2) is 0 Å². The van der Waals surface area contributed by atoms with E-state index in [4.69, 9.17) is 25.8 Å². The van der Waals surface area contributed by atoms with Gasteiger partial charge < -0.3 is 34.6 Å². The number of nitriles is 1. The van der Waals surface area contributed by atoms with Crippen LogP contribution in [-0.2, 0) is 19.6 Å². The highest BCUT2D eigenvalue weighted by Gasteiger charge is 2.28. The van der Waals surface area contributed by atoms with Crippen molar-refractivity contribution in [3.8, 4) is 34.4 Å². The lowest BCUT2D eigenvalue weighted by molar-refractivity contribution is 0.173. The van der Waals surface area contributed by atoms with Crippen molar-refractivity contribution in [3.05, 3.63) is 105 Å². The summed E-state index contributed by atoms with van der Waals surface area (Å²) in [7, 11) is 0. The van der Waals surface area contributed by atoms with Gasteiger partial charge >= 0.3 is 0 Å². The number of nitrogens with one attached hydrogen (secondary N) is 1. The molecule has 3 atom stereocenters. The van der Waals surface area contributed by atoms with Crippen molar-refractivity contribution in [1.29, 1.82) is 5.26 Å². The van der Waals surface area contributed by atoms with E-state index in [1.54, 1.807) is 12.3 Å². The molecule has 3 aromatic carbocycles. The zero-order valence-corrected chi connectivity index (χ0v) is 30.2. The Morgan fingerprint density at radius 1 is 1.06 bits per heavy atom. The minimum Gasteiger partial charge on any atom is -0.493 e. The van der Waals surface area contributed by atoms with Gasteiger partial charge in [-0.1, -0.05) is 41.9 Å². The molecule has 1 unspecified atom stereocenters. The summed E-state index contributed by atoms with van der Waals surface area (Å²) in [6.45, 7) is 8.23. The van der Waals surface area contributed by atoms with Crippen LogP contribution in [0.15, 0.2) is 67.0 Å². The standard InChI is InChI=1S/C41H47ClN4O5/c1-27(13-16-47)45-24-31-19-37(42)41(20-40(31)50-26-30-18-29(21-43)22-44-23-30)51-39-11-10-35-34(7-3-8-36(35)39)33-6-4-9-38(28(33)2)49-17-5-14-46-15-12-32(48)25-46/h3-4,6-9,18-20,22-23,27,32,39,45,47-48H,5,10-17,24-26H2,1-2H3/t27-,32-,39?/m1/s1. The average molecular weight is 711 g/mol. The fraction of sp³-hybridized carbons (Fsp3) is 0.415. The minimum absolute atomic E-state index is 0.0998. The highest BCUT2D eigenvalue weighted by molar-refractivity contribution is 6.32. The van der Waals surface area contributed by atoms with Gasteiger partial charge in [-0.2, -0.15) is 5.26 Å². The number of hydrogen-bond acceptors (Lipinski definition) is 9. The molecule has 1 aliphatic heterocycles. The van der Waals surface area contributed by atoms with Crippen molar-refractivity contribution in [2.24, 2.45) is 0 Å². The Bertz CT molecular complexity index is 1850. The first kappa shape index (κ1) is 36.6. The first-order valence-corrected chi connectivity index (χ1v) is 18.3. The smallest absolute Gasteiger partial charge is 0.142 e. The molecule has 2 aliphatic rings. The van der Waals surface area contributed by atoms with Gasteiger partial charge in [0.2, 0.25) is 0 Å². The molecule has 1 saturated heterocycles. The molecule has 1 aromatic heterocycles. The highest BCUT2D eigenvalue weighted by Crippen LogP contribution is 2.44. The van der Waals surface area contributed by atoms with Crippen LogP contribution in [0.2, 0.25) is 5.02 Å². The van der Waals surface area contributed by atoms with Gasteiger partial charge in [-0.05, 0) is 92.0 Å². The molecule has 0 spiro atoms. The summed E-state index contributed by atoms with van der Waals surface area (Å²) >= 11 is 6.88. The minimum atomic E-state index is -0.200. The Hall–Kier alpha value is -4.17. The third kappa shape index (κ3) is 9.20. The van der Waals surface area contributed by atoms with Gasteiger partial charge in [0.1, 0.15) is 36.0 Å². The van der Waals surface area contributed by atoms with Crippen molar-refractivity contribution in [2.75, 3.05) is 32.8 Å². The normalized spacial score (nSPS) is 17.6. The van der Waals surface area contributed by atoms with Crippen LogP contribution >= 0.6 is 11.6 Å². The average Bonchev–Trinajstić information content (AvgIpc) is 3.75. The number of aliphatic hydroxyl groups excluding tert-OH is 2. The summed E-state index contributed by atoms with van der Waals surface area (Å²) in [6.07, 6.45) is 6.91. The second-order valence-corrected chi connectivity index (χ2v) is 14.0. The van der Waals surface area contributed by atoms with E-state index in [0.717, 1.165) is 78.9 Å². The van der Waals surface area contributed by atoms with E-state index in [0.29, 0.717) is 41.7 Å². The monoisotopic (exact) mass is 710 g/mol. The number of rotatable bonds is 16. The summed E-state index contributed by atoms with van der Waals surface area (Å²) in [5.41, 5.74) is 7.99. The largest absolute Gasteiger partial charge is 0.493 e. The lowest BCUT2D eigenvalue weighted by Gasteiger charge is -2.21. The van der Waals surface area contributed by atoms with Crippen LogP contribution < -0.4 is 19.5 Å². The molecule has 6 rings (SSSR count). The second-order valence-electron chi connectivity index (χ2n) is 13.6. The maximum absolute atomic E-state index is 9.81. The number of benzene rings is 3. The number of hydrogen-bond donors (Lipinski definition) is 3. The number of pyridine rings is 1. The number of aliphatic hydroxyl groups is 2. The summed E-state index contributed by atoms with van der Waals surface area (Å²) in [5, 5.41) is 32.4. The number of ether oxygens (including phenoxy) is 3. The number of fused-ring (bicyclic) bond motifs is 1. The molecule has 268 valence electrons. The number of aromatic nitrogens is 1.